The van der Waals surface area contributed by atoms with Crippen LogP contribution in [0.1, 0.15) is 35.3 Å². The smallest absolute Gasteiger partial charge is 0.465 e. The molecule has 3 aromatic rings. The molecule has 0 aromatic heterocycles. The molecule has 5 nitrogen and oxygen atoms in total. The van der Waals surface area contributed by atoms with E-state index in [0.717, 1.165) is 5.56 Å². The van der Waals surface area contributed by atoms with Crippen molar-refractivity contribution in [2.24, 2.45) is 0 Å². The molecule has 0 saturated carbocycles. The molecule has 0 heterocycles. The second-order valence-corrected chi connectivity index (χ2v) is 7.07. The molecule has 0 atom stereocenters. The van der Waals surface area contributed by atoms with Crippen LogP contribution in [0.15, 0.2) is 72.8 Å². The standard InChI is InChI=1S/C24H22O5/c1-24(2,16-10-5-4-6-11-16)21-18(14-9-15-20(21)29-23(26)27)17-12-7-8-13-19(17)22(25)28-3/h4-15H,1-3H3,(H,26,27). The second-order valence-electron chi connectivity index (χ2n) is 7.07. The average Bonchev–Trinajstić information content (AvgIpc) is 2.73. The van der Waals surface area contributed by atoms with Gasteiger partial charge in [-0.1, -0.05) is 74.5 Å². The van der Waals surface area contributed by atoms with Crippen LogP contribution >= 0.6 is 0 Å². The van der Waals surface area contributed by atoms with Crippen molar-refractivity contribution >= 4 is 12.1 Å². The first-order valence-electron chi connectivity index (χ1n) is 9.13. The van der Waals surface area contributed by atoms with Gasteiger partial charge in [-0.3, -0.25) is 0 Å². The highest BCUT2D eigenvalue weighted by atomic mass is 16.7. The van der Waals surface area contributed by atoms with Gasteiger partial charge in [0.1, 0.15) is 5.75 Å². The van der Waals surface area contributed by atoms with Crippen molar-refractivity contribution in [3.05, 3.63) is 89.5 Å². The maximum absolute atomic E-state index is 12.4. The first kappa shape index (κ1) is 20.1. The minimum atomic E-state index is -1.39. The first-order chi connectivity index (χ1) is 13.9. The van der Waals surface area contributed by atoms with Crippen molar-refractivity contribution in [3.8, 4) is 16.9 Å². The summed E-state index contributed by atoms with van der Waals surface area (Å²) in [7, 11) is 1.33. The Morgan fingerprint density at radius 3 is 2.10 bits per heavy atom. The lowest BCUT2D eigenvalue weighted by Crippen LogP contribution is -2.22. The highest BCUT2D eigenvalue weighted by Crippen LogP contribution is 2.44. The summed E-state index contributed by atoms with van der Waals surface area (Å²) in [4.78, 5) is 23.7. The van der Waals surface area contributed by atoms with Gasteiger partial charge in [-0.25, -0.2) is 9.59 Å². The van der Waals surface area contributed by atoms with Crippen LogP contribution in [0.3, 0.4) is 0 Å². The summed E-state index contributed by atoms with van der Waals surface area (Å²) < 4.78 is 10.1. The zero-order valence-corrected chi connectivity index (χ0v) is 16.5. The molecule has 3 rings (SSSR count). The van der Waals surface area contributed by atoms with Gasteiger partial charge >= 0.3 is 12.1 Å². The fourth-order valence-corrected chi connectivity index (χ4v) is 3.58. The quantitative estimate of drug-likeness (QED) is 0.458. The van der Waals surface area contributed by atoms with Crippen LogP contribution in [0.4, 0.5) is 4.79 Å². The molecule has 0 aliphatic heterocycles. The van der Waals surface area contributed by atoms with Gasteiger partial charge < -0.3 is 14.6 Å². The zero-order valence-electron chi connectivity index (χ0n) is 16.5. The molecule has 3 aromatic carbocycles. The van der Waals surface area contributed by atoms with Crippen molar-refractivity contribution in [2.45, 2.75) is 19.3 Å². The molecule has 0 aliphatic carbocycles. The predicted octanol–water partition coefficient (Wildman–Crippen LogP) is 5.52. The van der Waals surface area contributed by atoms with Crippen molar-refractivity contribution in [2.75, 3.05) is 7.11 Å². The van der Waals surface area contributed by atoms with Gasteiger partial charge in [-0.2, -0.15) is 0 Å². The number of ether oxygens (including phenoxy) is 2. The molecule has 0 aliphatic rings. The van der Waals surface area contributed by atoms with E-state index in [2.05, 4.69) is 0 Å². The molecule has 0 bridgehead atoms. The van der Waals surface area contributed by atoms with Gasteiger partial charge in [0.25, 0.3) is 0 Å². The second kappa shape index (κ2) is 8.19. The van der Waals surface area contributed by atoms with E-state index < -0.39 is 17.5 Å². The lowest BCUT2D eigenvalue weighted by molar-refractivity contribution is 0.0601. The molecule has 0 amide bonds. The van der Waals surface area contributed by atoms with Crippen molar-refractivity contribution in [1.29, 1.82) is 0 Å². The molecular formula is C24H22O5. The summed E-state index contributed by atoms with van der Waals surface area (Å²) in [5, 5.41) is 9.27. The Balaban J connectivity index is 2.33. The number of benzene rings is 3. The molecule has 0 fully saturated rings. The molecule has 0 unspecified atom stereocenters. The SMILES string of the molecule is COC(=O)c1ccccc1-c1cccc(OC(=O)O)c1C(C)(C)c1ccccc1. The number of methoxy groups -OCH3 is 1. The summed E-state index contributed by atoms with van der Waals surface area (Å²) in [5.41, 5.74) is 2.80. The summed E-state index contributed by atoms with van der Waals surface area (Å²) in [6, 6.07) is 22.0. The number of carbonyl (C=O) groups excluding carboxylic acids is 1. The van der Waals surface area contributed by atoms with Crippen LogP contribution in [-0.4, -0.2) is 24.3 Å². The van der Waals surface area contributed by atoms with Gasteiger partial charge in [0.05, 0.1) is 12.7 Å². The van der Waals surface area contributed by atoms with E-state index in [9.17, 15) is 14.7 Å². The number of carboxylic acid groups (broad SMARTS) is 1. The van der Waals surface area contributed by atoms with Crippen LogP contribution in [0, 0.1) is 0 Å². The first-order valence-corrected chi connectivity index (χ1v) is 9.13. The van der Waals surface area contributed by atoms with E-state index in [-0.39, 0.29) is 5.75 Å². The molecule has 1 N–H and O–H groups in total. The molecule has 0 spiro atoms. The van der Waals surface area contributed by atoms with Gasteiger partial charge in [0, 0.05) is 11.0 Å². The Kier molecular flexibility index (Phi) is 5.69. The maximum Gasteiger partial charge on any atom is 0.511 e. The Labute approximate surface area is 169 Å². The van der Waals surface area contributed by atoms with E-state index >= 15 is 0 Å². The van der Waals surface area contributed by atoms with E-state index in [1.807, 2.05) is 62.4 Å². The average molecular weight is 390 g/mol. The zero-order chi connectivity index (χ0) is 21.0. The normalized spacial score (nSPS) is 11.0. The lowest BCUT2D eigenvalue weighted by Gasteiger charge is -2.30. The maximum atomic E-state index is 12.4. The van der Waals surface area contributed by atoms with E-state index in [0.29, 0.717) is 22.3 Å². The van der Waals surface area contributed by atoms with Crippen molar-refractivity contribution in [3.63, 3.8) is 0 Å². The van der Waals surface area contributed by atoms with E-state index in [1.165, 1.54) is 7.11 Å². The number of hydrogen-bond donors (Lipinski definition) is 1. The van der Waals surface area contributed by atoms with Gasteiger partial charge in [-0.15, -0.1) is 0 Å². The third-order valence-corrected chi connectivity index (χ3v) is 4.97. The predicted molar refractivity (Wildman–Crippen MR) is 110 cm³/mol. The Hall–Kier alpha value is -3.60. The third kappa shape index (κ3) is 3.99. The minimum Gasteiger partial charge on any atom is -0.465 e. The van der Waals surface area contributed by atoms with Gasteiger partial charge in [-0.05, 0) is 28.8 Å². The number of hydrogen-bond acceptors (Lipinski definition) is 4. The molecule has 0 saturated heterocycles. The Morgan fingerprint density at radius 2 is 1.45 bits per heavy atom. The molecule has 29 heavy (non-hydrogen) atoms. The van der Waals surface area contributed by atoms with Crippen LogP contribution in [0.2, 0.25) is 0 Å². The minimum absolute atomic E-state index is 0.225. The monoisotopic (exact) mass is 390 g/mol. The highest BCUT2D eigenvalue weighted by molar-refractivity contribution is 5.98. The summed E-state index contributed by atoms with van der Waals surface area (Å²) in [6.07, 6.45) is -1.39. The lowest BCUT2D eigenvalue weighted by atomic mass is 9.74. The molecular weight excluding hydrogens is 368 g/mol. The fraction of sp³-hybridized carbons (Fsp3) is 0.167. The molecule has 0 radical (unpaired) electrons. The Bertz CT molecular complexity index is 1040. The number of carbonyl (C=O) groups is 2. The Morgan fingerprint density at radius 1 is 0.828 bits per heavy atom. The van der Waals surface area contributed by atoms with Crippen LogP contribution in [0.25, 0.3) is 11.1 Å². The topological polar surface area (TPSA) is 72.8 Å². The van der Waals surface area contributed by atoms with Crippen LogP contribution in [-0.2, 0) is 10.2 Å². The van der Waals surface area contributed by atoms with Gasteiger partial charge in [0.2, 0.25) is 0 Å². The van der Waals surface area contributed by atoms with Crippen LogP contribution in [0.5, 0.6) is 5.75 Å². The van der Waals surface area contributed by atoms with Crippen molar-refractivity contribution in [1.82, 2.24) is 0 Å². The number of rotatable bonds is 5. The summed E-state index contributed by atoms with van der Waals surface area (Å²) in [6.45, 7) is 3.99. The van der Waals surface area contributed by atoms with E-state index in [4.69, 9.17) is 9.47 Å². The summed E-state index contributed by atoms with van der Waals surface area (Å²) in [5.74, 6) is -0.239. The number of esters is 1. The summed E-state index contributed by atoms with van der Waals surface area (Å²) >= 11 is 0. The van der Waals surface area contributed by atoms with Crippen LogP contribution < -0.4 is 4.74 Å². The van der Waals surface area contributed by atoms with Crippen molar-refractivity contribution < 1.29 is 24.2 Å². The highest BCUT2D eigenvalue weighted by Gasteiger charge is 2.31. The third-order valence-electron chi connectivity index (χ3n) is 4.97. The fourth-order valence-electron chi connectivity index (χ4n) is 3.58. The van der Waals surface area contributed by atoms with E-state index in [1.54, 1.807) is 24.3 Å². The molecule has 5 heteroatoms. The van der Waals surface area contributed by atoms with Gasteiger partial charge in [0.15, 0.2) is 0 Å². The molecule has 148 valence electrons. The largest absolute Gasteiger partial charge is 0.511 e.